The highest BCUT2D eigenvalue weighted by atomic mass is 32.2. The van der Waals surface area contributed by atoms with E-state index < -0.39 is 41.6 Å². The van der Waals surface area contributed by atoms with E-state index in [0.29, 0.717) is 54.5 Å². The minimum Gasteiger partial charge on any atom is -0.493 e. The third-order valence-electron chi connectivity index (χ3n) is 7.29. The van der Waals surface area contributed by atoms with Crippen LogP contribution in [0.2, 0.25) is 0 Å². The Kier molecular flexibility index (Phi) is 9.16. The maximum absolute atomic E-state index is 13.5. The Morgan fingerprint density at radius 3 is 2.43 bits per heavy atom. The van der Waals surface area contributed by atoms with Crippen LogP contribution in [-0.4, -0.2) is 72.8 Å². The summed E-state index contributed by atoms with van der Waals surface area (Å²) in [5.74, 6) is -0.255. The number of amides is 2. The lowest BCUT2D eigenvalue weighted by molar-refractivity contribution is -0.144. The second-order valence-corrected chi connectivity index (χ2v) is 11.2. The largest absolute Gasteiger partial charge is 0.493 e. The van der Waals surface area contributed by atoms with Gasteiger partial charge in [0.05, 0.1) is 23.1 Å². The van der Waals surface area contributed by atoms with Crippen LogP contribution in [0.1, 0.15) is 35.1 Å². The molecule has 2 aromatic carbocycles. The van der Waals surface area contributed by atoms with E-state index in [4.69, 9.17) is 14.2 Å². The van der Waals surface area contributed by atoms with E-state index in [1.165, 1.54) is 31.0 Å². The van der Waals surface area contributed by atoms with Gasteiger partial charge in [-0.1, -0.05) is 12.1 Å². The Bertz CT molecular complexity index is 1480. The van der Waals surface area contributed by atoms with Crippen LogP contribution < -0.4 is 9.47 Å². The van der Waals surface area contributed by atoms with Crippen molar-refractivity contribution in [1.82, 2.24) is 9.80 Å². The Balaban J connectivity index is 1.23. The van der Waals surface area contributed by atoms with Crippen molar-refractivity contribution in [3.8, 4) is 11.5 Å². The highest BCUT2D eigenvalue weighted by Crippen LogP contribution is 2.39. The van der Waals surface area contributed by atoms with E-state index in [9.17, 15) is 35.9 Å². The molecule has 3 aliphatic rings. The first kappa shape index (κ1) is 31.7. The van der Waals surface area contributed by atoms with Crippen molar-refractivity contribution in [2.24, 2.45) is 4.99 Å². The number of alkyl halides is 6. The van der Waals surface area contributed by atoms with Gasteiger partial charge in [0.1, 0.15) is 12.7 Å². The van der Waals surface area contributed by atoms with Crippen molar-refractivity contribution in [2.45, 2.75) is 37.9 Å². The molecule has 0 spiro atoms. The summed E-state index contributed by atoms with van der Waals surface area (Å²) in [7, 11) is 1.32. The van der Waals surface area contributed by atoms with E-state index in [0.717, 1.165) is 18.9 Å². The van der Waals surface area contributed by atoms with Gasteiger partial charge in [-0.15, -0.1) is 0 Å². The third-order valence-corrected chi connectivity index (χ3v) is 8.33. The smallest absolute Gasteiger partial charge is 0.416 e. The summed E-state index contributed by atoms with van der Waals surface area (Å²) in [5.41, 5.74) is -2.81. The number of ether oxygens (including phenoxy) is 3. The van der Waals surface area contributed by atoms with Crippen molar-refractivity contribution in [2.75, 3.05) is 39.9 Å². The molecular formula is C29H27F6N3O5S. The minimum atomic E-state index is -5.03. The van der Waals surface area contributed by atoms with E-state index in [1.54, 1.807) is 17.0 Å². The van der Waals surface area contributed by atoms with Crippen LogP contribution in [0.15, 0.2) is 46.3 Å². The monoisotopic (exact) mass is 643 g/mol. The molecule has 2 amide bonds. The van der Waals surface area contributed by atoms with Gasteiger partial charge in [0, 0.05) is 38.3 Å². The van der Waals surface area contributed by atoms with Gasteiger partial charge in [-0.05, 0) is 60.5 Å². The molecule has 0 aromatic heterocycles. The summed E-state index contributed by atoms with van der Waals surface area (Å²) in [6.45, 7) is 1.93. The normalized spacial score (nSPS) is 20.3. The SMILES string of the molecule is COc1cc(C=C2SC(N3CCN(C(=O)C4CCCO4)CC3)=NC2=O)ccc1OCc1ccc(C(F)(F)F)cc1C(F)(F)F. The zero-order valence-electron chi connectivity index (χ0n) is 23.3. The van der Waals surface area contributed by atoms with Crippen LogP contribution in [0.5, 0.6) is 11.5 Å². The lowest BCUT2D eigenvalue weighted by atomic mass is 10.0. The molecular weight excluding hydrogens is 616 g/mol. The average Bonchev–Trinajstić information content (AvgIpc) is 3.65. The number of rotatable bonds is 6. The number of thioether (sulfide) groups is 1. The summed E-state index contributed by atoms with van der Waals surface area (Å²) >= 11 is 1.19. The molecule has 44 heavy (non-hydrogen) atoms. The molecule has 0 N–H and O–H groups in total. The zero-order valence-corrected chi connectivity index (χ0v) is 24.2. The van der Waals surface area contributed by atoms with Crippen LogP contribution in [0.4, 0.5) is 26.3 Å². The molecule has 0 radical (unpaired) electrons. The predicted octanol–water partition coefficient (Wildman–Crippen LogP) is 5.61. The first-order chi connectivity index (χ1) is 20.8. The Hall–Kier alpha value is -3.72. The summed E-state index contributed by atoms with van der Waals surface area (Å²) in [6.07, 6.45) is -7.16. The van der Waals surface area contributed by atoms with E-state index in [-0.39, 0.29) is 29.6 Å². The van der Waals surface area contributed by atoms with Gasteiger partial charge in [-0.2, -0.15) is 31.3 Å². The van der Waals surface area contributed by atoms with E-state index >= 15 is 0 Å². The number of aliphatic imine (C=N–C) groups is 1. The standard InChI is InChI=1S/C29H27F6N3O5S/c1-41-23-13-17(4-7-21(23)43-16-18-5-6-19(28(30,31)32)15-20(18)29(33,34)35)14-24-25(39)36-27(44-24)38-10-8-37(9-11-38)26(40)22-3-2-12-42-22/h4-7,13-15,22H,2-3,8-12,16H2,1H3. The van der Waals surface area contributed by atoms with Crippen molar-refractivity contribution in [3.63, 3.8) is 0 Å². The highest BCUT2D eigenvalue weighted by Gasteiger charge is 2.38. The second-order valence-electron chi connectivity index (χ2n) is 10.2. The fourth-order valence-electron chi connectivity index (χ4n) is 4.97. The molecule has 5 rings (SSSR count). The topological polar surface area (TPSA) is 80.7 Å². The maximum Gasteiger partial charge on any atom is 0.416 e. The quantitative estimate of drug-likeness (QED) is 0.299. The van der Waals surface area contributed by atoms with Crippen LogP contribution in [0.25, 0.3) is 6.08 Å². The second kappa shape index (κ2) is 12.7. The Morgan fingerprint density at radius 2 is 1.80 bits per heavy atom. The summed E-state index contributed by atoms with van der Waals surface area (Å²) in [6, 6.07) is 5.86. The lowest BCUT2D eigenvalue weighted by Crippen LogP contribution is -2.52. The summed E-state index contributed by atoms with van der Waals surface area (Å²) in [5, 5.41) is 0.523. The number of carbonyl (C=O) groups excluding carboxylic acids is 2. The highest BCUT2D eigenvalue weighted by molar-refractivity contribution is 8.18. The molecule has 2 aromatic rings. The number of benzene rings is 2. The van der Waals surface area contributed by atoms with Gasteiger partial charge < -0.3 is 24.0 Å². The van der Waals surface area contributed by atoms with Gasteiger partial charge in [-0.25, -0.2) is 0 Å². The maximum atomic E-state index is 13.5. The number of amidine groups is 1. The molecule has 236 valence electrons. The Morgan fingerprint density at radius 1 is 1.05 bits per heavy atom. The number of methoxy groups -OCH3 is 1. The molecule has 2 saturated heterocycles. The third kappa shape index (κ3) is 7.15. The number of hydrogen-bond acceptors (Lipinski definition) is 7. The van der Waals surface area contributed by atoms with E-state index in [1.807, 2.05) is 4.90 Å². The van der Waals surface area contributed by atoms with Crippen LogP contribution in [0, 0.1) is 0 Å². The van der Waals surface area contributed by atoms with Gasteiger partial charge >= 0.3 is 12.4 Å². The molecule has 0 saturated carbocycles. The van der Waals surface area contributed by atoms with Gasteiger partial charge in [0.15, 0.2) is 16.7 Å². The first-order valence-corrected chi connectivity index (χ1v) is 14.4. The average molecular weight is 644 g/mol. The molecule has 8 nitrogen and oxygen atoms in total. The lowest BCUT2D eigenvalue weighted by Gasteiger charge is -2.36. The zero-order chi connectivity index (χ0) is 31.6. The molecule has 3 aliphatic heterocycles. The van der Waals surface area contributed by atoms with Crippen molar-refractivity contribution < 1.29 is 50.1 Å². The van der Waals surface area contributed by atoms with E-state index in [2.05, 4.69) is 4.99 Å². The fraction of sp³-hybridized carbons (Fsp3) is 0.414. The summed E-state index contributed by atoms with van der Waals surface area (Å²) < 4.78 is 95.8. The van der Waals surface area contributed by atoms with Crippen molar-refractivity contribution in [3.05, 3.63) is 63.6 Å². The molecule has 1 unspecified atom stereocenters. The number of hydrogen-bond donors (Lipinski definition) is 0. The predicted molar refractivity (Wildman–Crippen MR) is 149 cm³/mol. The molecule has 2 fully saturated rings. The summed E-state index contributed by atoms with van der Waals surface area (Å²) in [4.78, 5) is 33.5. The molecule has 0 aliphatic carbocycles. The molecule has 3 heterocycles. The van der Waals surface area contributed by atoms with Gasteiger partial charge in [0.25, 0.3) is 11.8 Å². The van der Waals surface area contributed by atoms with Gasteiger partial charge in [-0.3, -0.25) is 9.59 Å². The number of halogens is 6. The van der Waals surface area contributed by atoms with Crippen molar-refractivity contribution >= 4 is 34.8 Å². The number of nitrogens with zero attached hydrogens (tertiary/aromatic N) is 3. The molecule has 15 heteroatoms. The van der Waals surface area contributed by atoms with Crippen LogP contribution >= 0.6 is 11.8 Å². The Labute approximate surface area is 252 Å². The van der Waals surface area contributed by atoms with Gasteiger partial charge in [0.2, 0.25) is 0 Å². The van der Waals surface area contributed by atoms with Crippen LogP contribution in [-0.2, 0) is 33.3 Å². The van der Waals surface area contributed by atoms with Crippen molar-refractivity contribution in [1.29, 1.82) is 0 Å². The molecule has 1 atom stereocenters. The minimum absolute atomic E-state index is 0.0126. The first-order valence-electron chi connectivity index (χ1n) is 13.6. The number of piperazine rings is 1. The number of carbonyl (C=O) groups is 2. The van der Waals surface area contributed by atoms with Crippen LogP contribution in [0.3, 0.4) is 0 Å². The fourth-order valence-corrected chi connectivity index (χ4v) is 5.93. The molecule has 0 bridgehead atoms.